The van der Waals surface area contributed by atoms with E-state index in [2.05, 4.69) is 4.98 Å². The van der Waals surface area contributed by atoms with Gasteiger partial charge in [0.15, 0.2) is 5.03 Å². The van der Waals surface area contributed by atoms with E-state index in [1.54, 1.807) is 42.8 Å². The number of hydrogen-bond donors (Lipinski definition) is 0. The monoisotopic (exact) mass is 441 g/mol. The highest BCUT2D eigenvalue weighted by molar-refractivity contribution is 7.89. The molecule has 0 spiro atoms. The number of aryl methyl sites for hydroxylation is 2. The molecule has 0 unspecified atom stereocenters. The summed E-state index contributed by atoms with van der Waals surface area (Å²) in [6, 6.07) is 6.98. The van der Waals surface area contributed by atoms with Crippen molar-refractivity contribution in [1.82, 2.24) is 13.9 Å². The normalized spacial score (nSPS) is 16.0. The summed E-state index contributed by atoms with van der Waals surface area (Å²) in [6.07, 6.45) is 2.34. The number of sulfonamides is 1. The van der Waals surface area contributed by atoms with Crippen LogP contribution in [-0.4, -0.2) is 54.5 Å². The molecule has 0 radical (unpaired) electrons. The summed E-state index contributed by atoms with van der Waals surface area (Å²) >= 11 is 5.88. The molecule has 2 aromatic rings. The molecule has 1 aliphatic heterocycles. The van der Waals surface area contributed by atoms with Gasteiger partial charge >= 0.3 is 5.97 Å². The fourth-order valence-electron chi connectivity index (χ4n) is 3.09. The van der Waals surface area contributed by atoms with Crippen molar-refractivity contribution in [3.05, 3.63) is 41.3 Å². The average molecular weight is 442 g/mol. The highest BCUT2D eigenvalue weighted by atomic mass is 35.5. The molecule has 29 heavy (non-hydrogen) atoms. The van der Waals surface area contributed by atoms with E-state index in [1.807, 2.05) is 0 Å². The van der Waals surface area contributed by atoms with Gasteiger partial charge < -0.3 is 14.0 Å². The number of carbonyl (C=O) groups excluding carboxylic acids is 1. The van der Waals surface area contributed by atoms with Gasteiger partial charge in [0.1, 0.15) is 24.8 Å². The van der Waals surface area contributed by atoms with Crippen LogP contribution in [0, 0.1) is 12.8 Å². The number of benzene rings is 1. The lowest BCUT2D eigenvalue weighted by molar-refractivity contribution is -0.150. The quantitative estimate of drug-likeness (QED) is 0.484. The van der Waals surface area contributed by atoms with Crippen LogP contribution >= 0.6 is 11.6 Å². The molecule has 1 aromatic heterocycles. The smallest absolute Gasteiger partial charge is 0.309 e. The molecule has 10 heteroatoms. The summed E-state index contributed by atoms with van der Waals surface area (Å²) in [5, 5.41) is 0.610. The molecule has 1 fully saturated rings. The molecule has 1 aromatic carbocycles. The van der Waals surface area contributed by atoms with Crippen LogP contribution in [0.5, 0.6) is 5.75 Å². The third-order valence-corrected chi connectivity index (χ3v) is 6.88. The molecule has 0 saturated carbocycles. The topological polar surface area (TPSA) is 90.7 Å². The number of ether oxygens (including phenoxy) is 2. The summed E-state index contributed by atoms with van der Waals surface area (Å²) in [5.74, 6) is 0.586. The predicted octanol–water partition coefficient (Wildman–Crippen LogP) is 2.40. The average Bonchev–Trinajstić information content (AvgIpc) is 3.05. The molecular weight excluding hydrogens is 418 g/mol. The Balaban J connectivity index is 1.44. The first-order valence-corrected chi connectivity index (χ1v) is 11.1. The Labute approximate surface area is 175 Å². The van der Waals surface area contributed by atoms with E-state index in [0.717, 1.165) is 0 Å². The van der Waals surface area contributed by atoms with Crippen molar-refractivity contribution in [2.24, 2.45) is 13.0 Å². The molecule has 0 N–H and O–H groups in total. The van der Waals surface area contributed by atoms with Crippen LogP contribution in [0.2, 0.25) is 5.02 Å². The van der Waals surface area contributed by atoms with Crippen LogP contribution < -0.4 is 4.74 Å². The first-order valence-electron chi connectivity index (χ1n) is 9.32. The molecule has 158 valence electrons. The van der Waals surface area contributed by atoms with Crippen molar-refractivity contribution >= 4 is 27.6 Å². The molecule has 1 aliphatic rings. The van der Waals surface area contributed by atoms with Crippen molar-refractivity contribution < 1.29 is 22.7 Å². The molecular formula is C19H24ClN3O5S. The van der Waals surface area contributed by atoms with Crippen molar-refractivity contribution in [2.45, 2.75) is 24.8 Å². The molecule has 8 nitrogen and oxygen atoms in total. The SMILES string of the molecule is Cc1nc(S(=O)(=O)N2CCC(C(=O)OCCOc3cccc(Cl)c3)CC2)cn1C. The molecule has 0 bridgehead atoms. The second-order valence-electron chi connectivity index (χ2n) is 6.89. The van der Waals surface area contributed by atoms with Crippen LogP contribution in [0.3, 0.4) is 0 Å². The molecule has 2 heterocycles. The summed E-state index contributed by atoms with van der Waals surface area (Å²) in [4.78, 5) is 16.4. The second-order valence-corrected chi connectivity index (χ2v) is 9.21. The molecule has 1 saturated heterocycles. The van der Waals surface area contributed by atoms with E-state index in [4.69, 9.17) is 21.1 Å². The van der Waals surface area contributed by atoms with Crippen molar-refractivity contribution in [3.63, 3.8) is 0 Å². The number of carbonyl (C=O) groups is 1. The van der Waals surface area contributed by atoms with E-state index in [9.17, 15) is 13.2 Å². The van der Waals surface area contributed by atoms with Gasteiger partial charge in [0.05, 0.1) is 5.92 Å². The molecule has 0 aliphatic carbocycles. The van der Waals surface area contributed by atoms with Gasteiger partial charge in [-0.1, -0.05) is 17.7 Å². The second kappa shape index (κ2) is 9.15. The number of aromatic nitrogens is 2. The van der Waals surface area contributed by atoms with Gasteiger partial charge in [-0.3, -0.25) is 4.79 Å². The zero-order chi connectivity index (χ0) is 21.0. The fraction of sp³-hybridized carbons (Fsp3) is 0.474. The lowest BCUT2D eigenvalue weighted by Crippen LogP contribution is -2.40. The van der Waals surface area contributed by atoms with Crippen LogP contribution in [0.4, 0.5) is 0 Å². The number of nitrogens with zero attached hydrogens (tertiary/aromatic N) is 3. The van der Waals surface area contributed by atoms with Crippen LogP contribution in [0.1, 0.15) is 18.7 Å². The lowest BCUT2D eigenvalue weighted by Gasteiger charge is -2.29. The van der Waals surface area contributed by atoms with E-state index in [1.165, 1.54) is 10.5 Å². The minimum Gasteiger partial charge on any atom is -0.490 e. The van der Waals surface area contributed by atoms with E-state index < -0.39 is 10.0 Å². The van der Waals surface area contributed by atoms with E-state index in [0.29, 0.717) is 29.4 Å². The summed E-state index contributed by atoms with van der Waals surface area (Å²) < 4.78 is 39.2. The number of esters is 1. The molecule has 3 rings (SSSR count). The van der Waals surface area contributed by atoms with Crippen LogP contribution in [0.25, 0.3) is 0 Å². The zero-order valence-corrected chi connectivity index (χ0v) is 17.9. The number of hydrogen-bond acceptors (Lipinski definition) is 6. The van der Waals surface area contributed by atoms with Gasteiger partial charge in [0.25, 0.3) is 10.0 Å². The fourth-order valence-corrected chi connectivity index (χ4v) is 4.77. The first kappa shape index (κ1) is 21.6. The van der Waals surface area contributed by atoms with Crippen molar-refractivity contribution in [1.29, 1.82) is 0 Å². The van der Waals surface area contributed by atoms with E-state index >= 15 is 0 Å². The minimum absolute atomic E-state index is 0.0386. The highest BCUT2D eigenvalue weighted by Gasteiger charge is 2.34. The minimum atomic E-state index is -3.65. The first-order chi connectivity index (χ1) is 13.8. The maximum atomic E-state index is 12.7. The Hall–Kier alpha value is -2.10. The highest BCUT2D eigenvalue weighted by Crippen LogP contribution is 2.24. The van der Waals surface area contributed by atoms with Gasteiger partial charge in [0, 0.05) is 31.4 Å². The largest absolute Gasteiger partial charge is 0.490 e. The van der Waals surface area contributed by atoms with Crippen LogP contribution in [0.15, 0.2) is 35.5 Å². The standard InChI is InChI=1S/C19H24ClN3O5S/c1-14-21-18(13-22(14)2)29(25,26)23-8-6-15(7-9-23)19(24)28-11-10-27-17-5-3-4-16(20)12-17/h3-5,12-13,15H,6-11H2,1-2H3. The Morgan fingerprint density at radius 3 is 2.62 bits per heavy atom. The zero-order valence-electron chi connectivity index (χ0n) is 16.4. The Bertz CT molecular complexity index is 948. The number of halogens is 1. The predicted molar refractivity (Wildman–Crippen MR) is 107 cm³/mol. The van der Waals surface area contributed by atoms with Gasteiger partial charge in [-0.15, -0.1) is 0 Å². The Morgan fingerprint density at radius 1 is 1.28 bits per heavy atom. The van der Waals surface area contributed by atoms with Gasteiger partial charge in [-0.2, -0.15) is 4.31 Å². The maximum Gasteiger partial charge on any atom is 0.309 e. The van der Waals surface area contributed by atoms with E-state index in [-0.39, 0.29) is 43.2 Å². The van der Waals surface area contributed by atoms with Crippen LogP contribution in [-0.2, 0) is 26.6 Å². The van der Waals surface area contributed by atoms with Gasteiger partial charge in [-0.25, -0.2) is 13.4 Å². The third kappa shape index (κ3) is 5.29. The third-order valence-electron chi connectivity index (χ3n) is 4.87. The number of imidazole rings is 1. The lowest BCUT2D eigenvalue weighted by atomic mass is 9.98. The van der Waals surface area contributed by atoms with Crippen molar-refractivity contribution in [2.75, 3.05) is 26.3 Å². The number of piperidine rings is 1. The molecule has 0 amide bonds. The summed E-state index contributed by atoms with van der Waals surface area (Å²) in [6.45, 7) is 2.61. The summed E-state index contributed by atoms with van der Waals surface area (Å²) in [7, 11) is -1.90. The van der Waals surface area contributed by atoms with Crippen molar-refractivity contribution in [3.8, 4) is 5.75 Å². The van der Waals surface area contributed by atoms with Gasteiger partial charge in [0.2, 0.25) is 0 Å². The Morgan fingerprint density at radius 2 is 2.00 bits per heavy atom. The summed E-state index contributed by atoms with van der Waals surface area (Å²) in [5.41, 5.74) is 0. The Kier molecular flexibility index (Phi) is 6.81. The number of rotatable bonds is 7. The maximum absolute atomic E-state index is 12.7. The van der Waals surface area contributed by atoms with Gasteiger partial charge in [-0.05, 0) is 38.0 Å². The molecule has 0 atom stereocenters.